The van der Waals surface area contributed by atoms with Gasteiger partial charge in [-0.15, -0.1) is 13.2 Å². The molecule has 1 saturated carbocycles. The van der Waals surface area contributed by atoms with Gasteiger partial charge in [0.1, 0.15) is 17.2 Å². The first-order chi connectivity index (χ1) is 14.8. The number of carbonyl (C=O) groups is 1. The molecule has 3 heterocycles. The number of anilines is 1. The number of rotatable bonds is 3. The van der Waals surface area contributed by atoms with Crippen molar-refractivity contribution >= 4 is 22.8 Å². The van der Waals surface area contributed by atoms with E-state index in [2.05, 4.69) is 19.7 Å². The summed E-state index contributed by atoms with van der Waals surface area (Å²) in [5.41, 5.74) is 1.25. The monoisotopic (exact) mass is 432 g/mol. The number of alkyl halides is 3. The summed E-state index contributed by atoms with van der Waals surface area (Å²) in [6, 6.07) is 7.67. The Morgan fingerprint density at radius 1 is 1.23 bits per heavy atom. The Bertz CT molecular complexity index is 1110. The topological polar surface area (TPSA) is 80.3 Å². The average Bonchev–Trinajstić information content (AvgIpc) is 3.29. The summed E-state index contributed by atoms with van der Waals surface area (Å²) in [5, 5.41) is 0. The molecular weight excluding hydrogens is 413 g/mol. The molecular formula is C21H19F3N4O3. The SMILES string of the molecule is O=C1O[C@]2(CC[C@H](c3nc4cc(OC(F)(F)F)ccc4[nH]3)CC2)CN1c1cccnc1. The Kier molecular flexibility index (Phi) is 4.53. The predicted octanol–water partition coefficient (Wildman–Crippen LogP) is 4.91. The van der Waals surface area contributed by atoms with Crippen LogP contribution in [0.3, 0.4) is 0 Å². The number of benzene rings is 1. The molecule has 1 spiro atoms. The van der Waals surface area contributed by atoms with Crippen LogP contribution in [0.4, 0.5) is 23.7 Å². The predicted molar refractivity (Wildman–Crippen MR) is 105 cm³/mol. The van der Waals surface area contributed by atoms with Crippen LogP contribution in [-0.2, 0) is 4.74 Å². The minimum atomic E-state index is -4.74. The number of aromatic nitrogens is 3. The molecule has 0 unspecified atom stereocenters. The number of amides is 1. The summed E-state index contributed by atoms with van der Waals surface area (Å²) in [6.07, 6.45) is 1.04. The van der Waals surface area contributed by atoms with Gasteiger partial charge in [-0.05, 0) is 49.9 Å². The molecule has 7 nitrogen and oxygen atoms in total. The van der Waals surface area contributed by atoms with E-state index in [0.717, 1.165) is 18.7 Å². The maximum atomic E-state index is 12.5. The highest BCUT2D eigenvalue weighted by Gasteiger charge is 2.48. The quantitative estimate of drug-likeness (QED) is 0.636. The highest BCUT2D eigenvalue weighted by molar-refractivity contribution is 5.90. The van der Waals surface area contributed by atoms with Gasteiger partial charge in [0.15, 0.2) is 0 Å². The molecule has 2 fully saturated rings. The van der Waals surface area contributed by atoms with E-state index < -0.39 is 12.0 Å². The lowest BCUT2D eigenvalue weighted by molar-refractivity contribution is -0.274. The number of H-pyrrole nitrogens is 1. The van der Waals surface area contributed by atoms with Crippen LogP contribution in [0.15, 0.2) is 42.7 Å². The molecule has 10 heteroatoms. The van der Waals surface area contributed by atoms with Crippen LogP contribution in [0.1, 0.15) is 37.4 Å². The van der Waals surface area contributed by atoms with Crippen molar-refractivity contribution < 1.29 is 27.4 Å². The molecule has 31 heavy (non-hydrogen) atoms. The van der Waals surface area contributed by atoms with E-state index >= 15 is 0 Å². The van der Waals surface area contributed by atoms with Gasteiger partial charge in [-0.3, -0.25) is 9.88 Å². The molecule has 0 atom stereocenters. The summed E-state index contributed by atoms with van der Waals surface area (Å²) < 4.78 is 47.1. The van der Waals surface area contributed by atoms with E-state index in [0.29, 0.717) is 36.1 Å². The van der Waals surface area contributed by atoms with Crippen molar-refractivity contribution in [1.82, 2.24) is 15.0 Å². The number of fused-ring (bicyclic) bond motifs is 1. The highest BCUT2D eigenvalue weighted by atomic mass is 19.4. The van der Waals surface area contributed by atoms with Crippen molar-refractivity contribution in [2.24, 2.45) is 0 Å². The standard InChI is InChI=1S/C21H19F3N4O3/c22-21(23,24)30-15-3-4-16-17(10-15)27-18(26-16)13-5-7-20(8-6-13)12-28(19(29)31-20)14-2-1-9-25-11-14/h1-4,9-11,13H,5-8,12H2,(H,26,27)/t13-,20-. The number of aromatic amines is 1. The molecule has 0 radical (unpaired) electrons. The van der Waals surface area contributed by atoms with E-state index in [1.807, 2.05) is 6.07 Å². The molecule has 1 saturated heterocycles. The summed E-state index contributed by atoms with van der Waals surface area (Å²) in [6.45, 7) is 0.475. The minimum absolute atomic E-state index is 0.108. The number of nitrogens with one attached hydrogen (secondary N) is 1. The van der Waals surface area contributed by atoms with Gasteiger partial charge in [-0.2, -0.15) is 0 Å². The second-order valence-corrected chi connectivity index (χ2v) is 7.97. The van der Waals surface area contributed by atoms with Crippen molar-refractivity contribution in [3.05, 3.63) is 48.5 Å². The van der Waals surface area contributed by atoms with Gasteiger partial charge in [-0.1, -0.05) is 0 Å². The fourth-order valence-electron chi connectivity index (χ4n) is 4.41. The molecule has 1 N–H and O–H groups in total. The number of carbonyl (C=O) groups excluding carboxylic acids is 1. The fourth-order valence-corrected chi connectivity index (χ4v) is 4.41. The fraction of sp³-hybridized carbons (Fsp3) is 0.381. The number of pyridine rings is 1. The summed E-state index contributed by atoms with van der Waals surface area (Å²) in [5.74, 6) is 0.535. The molecule has 162 valence electrons. The maximum absolute atomic E-state index is 12.5. The molecule has 5 rings (SSSR count). The highest BCUT2D eigenvalue weighted by Crippen LogP contribution is 2.43. The van der Waals surface area contributed by atoms with E-state index in [1.54, 1.807) is 23.4 Å². The molecule has 1 amide bonds. The maximum Gasteiger partial charge on any atom is 0.573 e. The molecule has 3 aromatic rings. The first-order valence-electron chi connectivity index (χ1n) is 9.96. The second-order valence-electron chi connectivity index (χ2n) is 7.97. The van der Waals surface area contributed by atoms with Gasteiger partial charge in [0, 0.05) is 18.2 Å². The van der Waals surface area contributed by atoms with E-state index in [1.165, 1.54) is 18.2 Å². The number of nitrogens with zero attached hydrogens (tertiary/aromatic N) is 3. The van der Waals surface area contributed by atoms with Crippen LogP contribution in [-0.4, -0.2) is 39.6 Å². The van der Waals surface area contributed by atoms with Gasteiger partial charge in [0.25, 0.3) is 0 Å². The minimum Gasteiger partial charge on any atom is -0.441 e. The van der Waals surface area contributed by atoms with Crippen LogP contribution in [0.5, 0.6) is 5.75 Å². The third kappa shape index (κ3) is 3.89. The van der Waals surface area contributed by atoms with Crippen LogP contribution in [0.2, 0.25) is 0 Å². The average molecular weight is 432 g/mol. The molecule has 1 aliphatic heterocycles. The molecule has 2 aromatic heterocycles. The zero-order valence-electron chi connectivity index (χ0n) is 16.4. The lowest BCUT2D eigenvalue weighted by Gasteiger charge is -2.34. The Labute approximate surface area is 175 Å². The van der Waals surface area contributed by atoms with Crippen LogP contribution < -0.4 is 9.64 Å². The first kappa shape index (κ1) is 19.7. The van der Waals surface area contributed by atoms with Gasteiger partial charge < -0.3 is 14.5 Å². The van der Waals surface area contributed by atoms with Gasteiger partial charge >= 0.3 is 12.5 Å². The number of ether oxygens (including phenoxy) is 2. The second kappa shape index (κ2) is 7.14. The Morgan fingerprint density at radius 3 is 2.74 bits per heavy atom. The number of halogens is 3. The number of imidazole rings is 1. The Morgan fingerprint density at radius 2 is 2.03 bits per heavy atom. The van der Waals surface area contributed by atoms with E-state index in [-0.39, 0.29) is 17.8 Å². The van der Waals surface area contributed by atoms with Crippen LogP contribution in [0, 0.1) is 0 Å². The zero-order chi connectivity index (χ0) is 21.6. The third-order valence-corrected chi connectivity index (χ3v) is 5.92. The van der Waals surface area contributed by atoms with E-state index in [9.17, 15) is 18.0 Å². The summed E-state index contributed by atoms with van der Waals surface area (Å²) in [4.78, 5) is 25.8. The van der Waals surface area contributed by atoms with Crippen molar-refractivity contribution in [3.63, 3.8) is 0 Å². The Balaban J connectivity index is 1.28. The van der Waals surface area contributed by atoms with Gasteiger partial charge in [-0.25, -0.2) is 9.78 Å². The largest absolute Gasteiger partial charge is 0.573 e. The first-order valence-corrected chi connectivity index (χ1v) is 9.96. The molecule has 1 aromatic carbocycles. The lowest BCUT2D eigenvalue weighted by atomic mass is 9.78. The Hall–Kier alpha value is -3.30. The summed E-state index contributed by atoms with van der Waals surface area (Å²) >= 11 is 0. The van der Waals surface area contributed by atoms with E-state index in [4.69, 9.17) is 4.74 Å². The summed E-state index contributed by atoms with van der Waals surface area (Å²) in [7, 11) is 0. The molecule has 0 bridgehead atoms. The molecule has 2 aliphatic rings. The van der Waals surface area contributed by atoms with Crippen molar-refractivity contribution in [2.75, 3.05) is 11.4 Å². The smallest absolute Gasteiger partial charge is 0.441 e. The number of hydrogen-bond acceptors (Lipinski definition) is 5. The van der Waals surface area contributed by atoms with Gasteiger partial charge in [0.05, 0.1) is 29.5 Å². The zero-order valence-corrected chi connectivity index (χ0v) is 16.4. The van der Waals surface area contributed by atoms with Crippen molar-refractivity contribution in [2.45, 2.75) is 43.6 Å². The number of hydrogen-bond donors (Lipinski definition) is 1. The normalized spacial score (nSPS) is 24.0. The van der Waals surface area contributed by atoms with Gasteiger partial charge in [0.2, 0.25) is 0 Å². The van der Waals surface area contributed by atoms with Crippen molar-refractivity contribution in [3.8, 4) is 5.75 Å². The molecule has 1 aliphatic carbocycles. The van der Waals surface area contributed by atoms with Crippen molar-refractivity contribution in [1.29, 1.82) is 0 Å². The third-order valence-electron chi connectivity index (χ3n) is 5.92. The van der Waals surface area contributed by atoms with Crippen LogP contribution in [0.25, 0.3) is 11.0 Å². The lowest BCUT2D eigenvalue weighted by Crippen LogP contribution is -2.38. The van der Waals surface area contributed by atoms with Crippen LogP contribution >= 0.6 is 0 Å².